The van der Waals surface area contributed by atoms with Crippen LogP contribution >= 0.6 is 0 Å². The number of allylic oxidation sites excluding steroid dienone is 1. The van der Waals surface area contributed by atoms with Crippen molar-refractivity contribution in [3.05, 3.63) is 12.7 Å². The fourth-order valence-electron chi connectivity index (χ4n) is 0.622. The van der Waals surface area contributed by atoms with Crippen LogP contribution in [0.4, 0.5) is 0 Å². The molecule has 98 valence electrons. The van der Waals surface area contributed by atoms with Crippen molar-refractivity contribution in [1.29, 1.82) is 0 Å². The normalized spacial score (nSPS) is 8.56. The van der Waals surface area contributed by atoms with E-state index < -0.39 is 0 Å². The van der Waals surface area contributed by atoms with Crippen LogP contribution in [-0.2, 0) is 4.79 Å². The number of rotatable bonds is 3. The second-order valence-corrected chi connectivity index (χ2v) is 4.15. The topological polar surface area (TPSA) is 55.1 Å². The zero-order chi connectivity index (χ0) is 13.6. The molecule has 0 aliphatic carbocycles. The quantitative estimate of drug-likeness (QED) is 0.732. The molecule has 0 rings (SSSR count). The van der Waals surface area contributed by atoms with E-state index >= 15 is 0 Å². The van der Waals surface area contributed by atoms with Gasteiger partial charge in [0.15, 0.2) is 0 Å². The van der Waals surface area contributed by atoms with Gasteiger partial charge in [-0.15, -0.1) is 6.58 Å². The summed E-state index contributed by atoms with van der Waals surface area (Å²) in [6.45, 7) is 14.1. The van der Waals surface area contributed by atoms with Crippen LogP contribution in [0.2, 0.25) is 0 Å². The summed E-state index contributed by atoms with van der Waals surface area (Å²) in [7, 11) is 1.64. The van der Waals surface area contributed by atoms with E-state index in [0.29, 0.717) is 0 Å². The molecule has 0 aliphatic rings. The minimum atomic E-state index is 0.0972. The minimum Gasteiger partial charge on any atom is -0.359 e. The number of carbonyl (C=O) groups excluding carboxylic acids is 1. The summed E-state index contributed by atoms with van der Waals surface area (Å²) in [6.07, 6.45) is 2.90. The third kappa shape index (κ3) is 29.2. The largest absolute Gasteiger partial charge is 0.359 e. The molecular weight excluding hydrogens is 200 g/mol. The summed E-state index contributed by atoms with van der Waals surface area (Å²) in [5, 5.41) is 2.53. The van der Waals surface area contributed by atoms with Crippen LogP contribution in [0.25, 0.3) is 0 Å². The molecule has 0 unspecified atom stereocenters. The molecule has 0 aliphatic heterocycles. The highest BCUT2D eigenvalue weighted by molar-refractivity contribution is 5.77. The molecule has 0 saturated heterocycles. The molecule has 0 radical (unpaired) electrons. The van der Waals surface area contributed by atoms with E-state index in [1.54, 1.807) is 13.1 Å². The lowest BCUT2D eigenvalue weighted by Gasteiger charge is -1.98. The molecule has 3 N–H and O–H groups in total. The zero-order valence-electron chi connectivity index (χ0n) is 11.8. The van der Waals surface area contributed by atoms with Crippen molar-refractivity contribution in [2.75, 3.05) is 13.6 Å². The predicted molar refractivity (Wildman–Crippen MR) is 73.3 cm³/mol. The summed E-state index contributed by atoms with van der Waals surface area (Å²) in [5.74, 6) is 0.986. The SMILES string of the molecule is C=CC.CC(C)CCN.CNC(=O)C(C)C. The Bertz CT molecular complexity index is 154. The molecule has 0 spiro atoms. The first-order valence-corrected chi connectivity index (χ1v) is 5.85. The van der Waals surface area contributed by atoms with Crippen LogP contribution in [0.15, 0.2) is 12.7 Å². The van der Waals surface area contributed by atoms with Gasteiger partial charge in [0.2, 0.25) is 5.91 Å². The Balaban J connectivity index is -0.000000172. The Morgan fingerprint density at radius 3 is 1.75 bits per heavy atom. The highest BCUT2D eigenvalue weighted by Gasteiger charge is 2.00. The first-order chi connectivity index (χ1) is 7.37. The van der Waals surface area contributed by atoms with Crippen molar-refractivity contribution in [1.82, 2.24) is 5.32 Å². The highest BCUT2D eigenvalue weighted by atomic mass is 16.1. The van der Waals surface area contributed by atoms with E-state index in [4.69, 9.17) is 5.73 Å². The Morgan fingerprint density at radius 1 is 1.38 bits per heavy atom. The van der Waals surface area contributed by atoms with E-state index in [0.717, 1.165) is 18.9 Å². The monoisotopic (exact) mass is 230 g/mol. The molecule has 3 nitrogen and oxygen atoms in total. The fraction of sp³-hybridized carbons (Fsp3) is 0.769. The van der Waals surface area contributed by atoms with E-state index in [9.17, 15) is 4.79 Å². The van der Waals surface area contributed by atoms with E-state index in [2.05, 4.69) is 25.7 Å². The lowest BCUT2D eigenvalue weighted by atomic mass is 10.1. The average molecular weight is 230 g/mol. The van der Waals surface area contributed by atoms with E-state index in [-0.39, 0.29) is 11.8 Å². The van der Waals surface area contributed by atoms with Crippen molar-refractivity contribution < 1.29 is 4.79 Å². The van der Waals surface area contributed by atoms with Gasteiger partial charge >= 0.3 is 0 Å². The predicted octanol–water partition coefficient (Wildman–Crippen LogP) is 2.57. The van der Waals surface area contributed by atoms with Gasteiger partial charge in [-0.1, -0.05) is 33.8 Å². The van der Waals surface area contributed by atoms with Crippen LogP contribution in [0.5, 0.6) is 0 Å². The maximum atomic E-state index is 10.4. The van der Waals surface area contributed by atoms with Crippen molar-refractivity contribution in [2.45, 2.75) is 41.0 Å². The van der Waals surface area contributed by atoms with Gasteiger partial charge in [-0.3, -0.25) is 4.79 Å². The molecule has 0 fully saturated rings. The number of hydrogen-bond donors (Lipinski definition) is 2. The lowest BCUT2D eigenvalue weighted by Crippen LogP contribution is -2.22. The molecule has 1 amide bonds. The third-order valence-electron chi connectivity index (χ3n) is 1.51. The summed E-state index contributed by atoms with van der Waals surface area (Å²) >= 11 is 0. The van der Waals surface area contributed by atoms with Gasteiger partial charge in [-0.05, 0) is 25.8 Å². The van der Waals surface area contributed by atoms with Gasteiger partial charge in [0, 0.05) is 13.0 Å². The minimum absolute atomic E-state index is 0.0972. The van der Waals surface area contributed by atoms with Crippen LogP contribution in [0.3, 0.4) is 0 Å². The molecular formula is C13H30N2O. The van der Waals surface area contributed by atoms with Crippen molar-refractivity contribution in [2.24, 2.45) is 17.6 Å². The zero-order valence-corrected chi connectivity index (χ0v) is 11.8. The second kappa shape index (κ2) is 16.6. The third-order valence-corrected chi connectivity index (χ3v) is 1.51. The first kappa shape index (κ1) is 20.6. The van der Waals surface area contributed by atoms with Crippen LogP contribution in [-0.4, -0.2) is 19.5 Å². The van der Waals surface area contributed by atoms with Crippen molar-refractivity contribution in [3.8, 4) is 0 Å². The standard InChI is InChI=1S/C5H11NO.C5H13N.C3H6/c1-4(2)5(7)6-3;1-5(2)3-4-6;1-3-2/h4H,1-3H3,(H,6,7);5H,3-4,6H2,1-2H3;3H,1H2,2H3. The molecule has 0 aromatic carbocycles. The fourth-order valence-corrected chi connectivity index (χ4v) is 0.622. The summed E-state index contributed by atoms with van der Waals surface area (Å²) < 4.78 is 0. The Labute approximate surface area is 101 Å². The van der Waals surface area contributed by atoms with Crippen LogP contribution in [0.1, 0.15) is 41.0 Å². The Hall–Kier alpha value is -0.830. The number of nitrogens with two attached hydrogens (primary N) is 1. The van der Waals surface area contributed by atoms with E-state index in [1.165, 1.54) is 0 Å². The van der Waals surface area contributed by atoms with Gasteiger partial charge < -0.3 is 11.1 Å². The lowest BCUT2D eigenvalue weighted by molar-refractivity contribution is -0.123. The smallest absolute Gasteiger partial charge is 0.222 e. The average Bonchev–Trinajstić information content (AvgIpc) is 2.18. The van der Waals surface area contributed by atoms with Gasteiger partial charge in [0.05, 0.1) is 0 Å². The van der Waals surface area contributed by atoms with Crippen molar-refractivity contribution >= 4 is 5.91 Å². The molecule has 0 heterocycles. The molecule has 16 heavy (non-hydrogen) atoms. The van der Waals surface area contributed by atoms with Gasteiger partial charge in [0.25, 0.3) is 0 Å². The summed E-state index contributed by atoms with van der Waals surface area (Å²) in [6, 6.07) is 0. The maximum Gasteiger partial charge on any atom is 0.222 e. The van der Waals surface area contributed by atoms with Gasteiger partial charge in [-0.25, -0.2) is 0 Å². The first-order valence-electron chi connectivity index (χ1n) is 5.85. The number of nitrogens with one attached hydrogen (secondary N) is 1. The molecule has 0 aromatic heterocycles. The molecule has 0 bridgehead atoms. The van der Waals surface area contributed by atoms with Gasteiger partial charge in [0.1, 0.15) is 0 Å². The number of amides is 1. The summed E-state index contributed by atoms with van der Waals surface area (Å²) in [5.41, 5.74) is 5.23. The number of carbonyl (C=O) groups is 1. The molecule has 0 aromatic rings. The van der Waals surface area contributed by atoms with Crippen LogP contribution < -0.4 is 11.1 Å². The van der Waals surface area contributed by atoms with E-state index in [1.807, 2.05) is 20.8 Å². The van der Waals surface area contributed by atoms with Crippen LogP contribution in [0, 0.1) is 11.8 Å². The second-order valence-electron chi connectivity index (χ2n) is 4.15. The van der Waals surface area contributed by atoms with Crippen molar-refractivity contribution in [3.63, 3.8) is 0 Å². The Kier molecular flexibility index (Phi) is 21.3. The molecule has 0 atom stereocenters. The summed E-state index contributed by atoms with van der Waals surface area (Å²) in [4.78, 5) is 10.4. The van der Waals surface area contributed by atoms with Gasteiger partial charge in [-0.2, -0.15) is 0 Å². The highest BCUT2D eigenvalue weighted by Crippen LogP contribution is 1.93. The Morgan fingerprint density at radius 2 is 1.75 bits per heavy atom. The molecule has 0 saturated carbocycles. The number of hydrogen-bond acceptors (Lipinski definition) is 2. The molecule has 3 heteroatoms. The maximum absolute atomic E-state index is 10.4.